The molecule has 0 spiro atoms. The molecule has 1 aliphatic rings. The van der Waals surface area contributed by atoms with E-state index in [0.29, 0.717) is 12.3 Å². The SMILES string of the molecule is COc1ccc(O)c(C(=O)NCC2(C)CCOCC2)c1. The molecule has 1 aromatic carbocycles. The third kappa shape index (κ3) is 3.42. The van der Waals surface area contributed by atoms with Crippen molar-refractivity contribution in [1.29, 1.82) is 0 Å². The molecule has 110 valence electrons. The summed E-state index contributed by atoms with van der Waals surface area (Å²) in [4.78, 5) is 12.2. The highest BCUT2D eigenvalue weighted by Crippen LogP contribution is 2.29. The lowest BCUT2D eigenvalue weighted by molar-refractivity contribution is 0.0238. The Morgan fingerprint density at radius 1 is 1.45 bits per heavy atom. The number of carbonyl (C=O) groups excluding carboxylic acids is 1. The van der Waals surface area contributed by atoms with Crippen molar-refractivity contribution in [1.82, 2.24) is 5.32 Å². The molecule has 0 unspecified atom stereocenters. The van der Waals surface area contributed by atoms with E-state index in [9.17, 15) is 9.90 Å². The van der Waals surface area contributed by atoms with E-state index >= 15 is 0 Å². The van der Waals surface area contributed by atoms with Crippen LogP contribution in [-0.4, -0.2) is 37.9 Å². The molecule has 0 atom stereocenters. The summed E-state index contributed by atoms with van der Waals surface area (Å²) in [6, 6.07) is 4.62. The fourth-order valence-corrected chi connectivity index (χ4v) is 2.25. The number of carbonyl (C=O) groups is 1. The summed E-state index contributed by atoms with van der Waals surface area (Å²) < 4.78 is 10.4. The fourth-order valence-electron chi connectivity index (χ4n) is 2.25. The van der Waals surface area contributed by atoms with Gasteiger partial charge in [-0.25, -0.2) is 0 Å². The standard InChI is InChI=1S/C15H21NO4/c1-15(5-7-20-8-6-15)10-16-14(18)12-9-11(19-2)3-4-13(12)17/h3-4,9,17H,5-8,10H2,1-2H3,(H,16,18). The molecule has 5 nitrogen and oxygen atoms in total. The zero-order valence-electron chi connectivity index (χ0n) is 11.9. The van der Waals surface area contributed by atoms with Gasteiger partial charge in [0.15, 0.2) is 0 Å². The fraction of sp³-hybridized carbons (Fsp3) is 0.533. The monoisotopic (exact) mass is 279 g/mol. The number of aromatic hydroxyl groups is 1. The Hall–Kier alpha value is -1.75. The lowest BCUT2D eigenvalue weighted by Gasteiger charge is -2.33. The molecule has 0 bridgehead atoms. The Balaban J connectivity index is 2.01. The van der Waals surface area contributed by atoms with Crippen LogP contribution >= 0.6 is 0 Å². The third-order valence-electron chi connectivity index (χ3n) is 3.82. The lowest BCUT2D eigenvalue weighted by atomic mass is 9.82. The number of ether oxygens (including phenoxy) is 2. The molecule has 0 aliphatic carbocycles. The topological polar surface area (TPSA) is 67.8 Å². The summed E-state index contributed by atoms with van der Waals surface area (Å²) >= 11 is 0. The Morgan fingerprint density at radius 3 is 2.80 bits per heavy atom. The van der Waals surface area contributed by atoms with Gasteiger partial charge in [-0.1, -0.05) is 6.92 Å². The molecule has 1 saturated heterocycles. The van der Waals surface area contributed by atoms with Gasteiger partial charge in [0.25, 0.3) is 5.91 Å². The van der Waals surface area contributed by atoms with Crippen LogP contribution in [0.15, 0.2) is 18.2 Å². The number of amides is 1. The minimum atomic E-state index is -0.283. The number of phenols is 1. The van der Waals surface area contributed by atoms with Crippen molar-refractivity contribution in [3.8, 4) is 11.5 Å². The molecular weight excluding hydrogens is 258 g/mol. The van der Waals surface area contributed by atoms with Crippen molar-refractivity contribution in [2.75, 3.05) is 26.9 Å². The van der Waals surface area contributed by atoms with Crippen molar-refractivity contribution < 1.29 is 19.4 Å². The number of phenolic OH excluding ortho intramolecular Hbond substituents is 1. The van der Waals surface area contributed by atoms with E-state index in [2.05, 4.69) is 12.2 Å². The summed E-state index contributed by atoms with van der Waals surface area (Å²) in [7, 11) is 1.52. The highest BCUT2D eigenvalue weighted by atomic mass is 16.5. The Bertz CT molecular complexity index is 481. The van der Waals surface area contributed by atoms with Gasteiger partial charge in [0.1, 0.15) is 11.5 Å². The summed E-state index contributed by atoms with van der Waals surface area (Å²) in [6.07, 6.45) is 1.86. The predicted octanol–water partition coefficient (Wildman–Crippen LogP) is 1.95. The van der Waals surface area contributed by atoms with Crippen molar-refractivity contribution in [2.24, 2.45) is 5.41 Å². The number of hydrogen-bond donors (Lipinski definition) is 2. The number of nitrogens with one attached hydrogen (secondary N) is 1. The predicted molar refractivity (Wildman–Crippen MR) is 75.2 cm³/mol. The van der Waals surface area contributed by atoms with Crippen LogP contribution in [0.25, 0.3) is 0 Å². The van der Waals surface area contributed by atoms with Crippen LogP contribution < -0.4 is 10.1 Å². The third-order valence-corrected chi connectivity index (χ3v) is 3.82. The van der Waals surface area contributed by atoms with Crippen molar-refractivity contribution in [3.05, 3.63) is 23.8 Å². The van der Waals surface area contributed by atoms with E-state index in [0.717, 1.165) is 26.1 Å². The molecule has 2 rings (SSSR count). The minimum Gasteiger partial charge on any atom is -0.507 e. The van der Waals surface area contributed by atoms with Gasteiger partial charge >= 0.3 is 0 Å². The first kappa shape index (κ1) is 14.7. The van der Waals surface area contributed by atoms with Gasteiger partial charge in [0, 0.05) is 19.8 Å². The maximum Gasteiger partial charge on any atom is 0.255 e. The Labute approximate surface area is 118 Å². The zero-order valence-corrected chi connectivity index (χ0v) is 11.9. The van der Waals surface area contributed by atoms with E-state index in [-0.39, 0.29) is 22.6 Å². The molecular formula is C15H21NO4. The molecule has 1 aliphatic heterocycles. The second-order valence-electron chi connectivity index (χ2n) is 5.49. The molecule has 1 amide bonds. The summed E-state index contributed by atoms with van der Waals surface area (Å²) in [5, 5.41) is 12.7. The lowest BCUT2D eigenvalue weighted by Crippen LogP contribution is -2.39. The van der Waals surface area contributed by atoms with E-state index in [1.807, 2.05) is 0 Å². The first-order chi connectivity index (χ1) is 9.54. The summed E-state index contributed by atoms with van der Waals surface area (Å²) in [5.41, 5.74) is 0.294. The maximum atomic E-state index is 12.2. The highest BCUT2D eigenvalue weighted by molar-refractivity contribution is 5.97. The quantitative estimate of drug-likeness (QED) is 0.884. The van der Waals surface area contributed by atoms with Crippen LogP contribution in [0.2, 0.25) is 0 Å². The van der Waals surface area contributed by atoms with E-state index in [1.54, 1.807) is 6.07 Å². The normalized spacial score (nSPS) is 17.5. The average Bonchev–Trinajstić information content (AvgIpc) is 2.46. The average molecular weight is 279 g/mol. The molecule has 1 aromatic rings. The number of benzene rings is 1. The maximum absolute atomic E-state index is 12.2. The van der Waals surface area contributed by atoms with Crippen molar-refractivity contribution >= 4 is 5.91 Å². The van der Waals surface area contributed by atoms with Crippen LogP contribution in [0.5, 0.6) is 11.5 Å². The van der Waals surface area contributed by atoms with Gasteiger partial charge in [-0.05, 0) is 36.5 Å². The van der Waals surface area contributed by atoms with Gasteiger partial charge in [0.05, 0.1) is 12.7 Å². The van der Waals surface area contributed by atoms with E-state index < -0.39 is 0 Å². The highest BCUT2D eigenvalue weighted by Gasteiger charge is 2.28. The van der Waals surface area contributed by atoms with Gasteiger partial charge < -0.3 is 19.9 Å². The number of hydrogen-bond acceptors (Lipinski definition) is 4. The zero-order chi connectivity index (χ0) is 14.6. The van der Waals surface area contributed by atoms with Crippen molar-refractivity contribution in [3.63, 3.8) is 0 Å². The van der Waals surface area contributed by atoms with Gasteiger partial charge in [-0.15, -0.1) is 0 Å². The molecule has 0 aromatic heterocycles. The smallest absolute Gasteiger partial charge is 0.255 e. The second kappa shape index (κ2) is 6.13. The minimum absolute atomic E-state index is 0.0413. The molecule has 1 fully saturated rings. The Kier molecular flexibility index (Phi) is 4.49. The molecule has 20 heavy (non-hydrogen) atoms. The van der Waals surface area contributed by atoms with Crippen LogP contribution in [0.3, 0.4) is 0 Å². The van der Waals surface area contributed by atoms with Crippen LogP contribution in [-0.2, 0) is 4.74 Å². The first-order valence-electron chi connectivity index (χ1n) is 6.77. The van der Waals surface area contributed by atoms with Crippen molar-refractivity contribution in [2.45, 2.75) is 19.8 Å². The molecule has 2 N–H and O–H groups in total. The van der Waals surface area contributed by atoms with E-state index in [1.165, 1.54) is 19.2 Å². The van der Waals surface area contributed by atoms with Gasteiger partial charge in [-0.3, -0.25) is 4.79 Å². The van der Waals surface area contributed by atoms with Crippen LogP contribution in [0.4, 0.5) is 0 Å². The van der Waals surface area contributed by atoms with Gasteiger partial charge in [-0.2, -0.15) is 0 Å². The molecule has 0 saturated carbocycles. The molecule has 1 heterocycles. The van der Waals surface area contributed by atoms with Gasteiger partial charge in [0.2, 0.25) is 0 Å². The second-order valence-corrected chi connectivity index (χ2v) is 5.49. The summed E-state index contributed by atoms with van der Waals surface area (Å²) in [5.74, 6) is 0.222. The van der Waals surface area contributed by atoms with Crippen LogP contribution in [0.1, 0.15) is 30.1 Å². The molecule has 0 radical (unpaired) electrons. The van der Waals surface area contributed by atoms with E-state index in [4.69, 9.17) is 9.47 Å². The Morgan fingerprint density at radius 2 is 2.15 bits per heavy atom. The van der Waals surface area contributed by atoms with Crippen LogP contribution in [0, 0.1) is 5.41 Å². The number of rotatable bonds is 4. The number of methoxy groups -OCH3 is 1. The summed E-state index contributed by atoms with van der Waals surface area (Å²) in [6.45, 7) is 4.18. The first-order valence-corrected chi connectivity index (χ1v) is 6.77. The molecule has 5 heteroatoms. The largest absolute Gasteiger partial charge is 0.507 e.